The van der Waals surface area contributed by atoms with Crippen molar-refractivity contribution in [1.29, 1.82) is 0 Å². The summed E-state index contributed by atoms with van der Waals surface area (Å²) in [6, 6.07) is 0.182. The largest absolute Gasteiger partial charge is 0.480 e. The molecule has 0 radical (unpaired) electrons. The fourth-order valence-corrected chi connectivity index (χ4v) is 1.45. The van der Waals surface area contributed by atoms with Gasteiger partial charge in [0.25, 0.3) is 0 Å². The van der Waals surface area contributed by atoms with E-state index >= 15 is 0 Å². The summed E-state index contributed by atoms with van der Waals surface area (Å²) < 4.78 is 0. The predicted octanol–water partition coefficient (Wildman–Crippen LogP) is 0.461. The van der Waals surface area contributed by atoms with Crippen LogP contribution in [0.25, 0.3) is 0 Å². The molecule has 7 heteroatoms. The number of amides is 2. The van der Waals surface area contributed by atoms with Crippen LogP contribution < -0.4 is 10.6 Å². The monoisotopic (exact) mass is 236 g/mol. The first-order valence-electron chi connectivity index (χ1n) is 5.24. The molecule has 1 aromatic heterocycles. The standard InChI is InChI=1S/C10H12N4O3/c15-8(16)7(6-2-3-6)13-10(17)14-9-11-4-1-5-12-9/h1,4-7H,2-3H2,(H,15,16)(H2,11,12,13,14,17). The third-order valence-corrected chi connectivity index (χ3v) is 2.44. The molecule has 1 aliphatic carbocycles. The van der Waals surface area contributed by atoms with Gasteiger partial charge in [-0.1, -0.05) is 0 Å². The van der Waals surface area contributed by atoms with Crippen LogP contribution in [-0.4, -0.2) is 33.1 Å². The van der Waals surface area contributed by atoms with E-state index in [4.69, 9.17) is 5.11 Å². The van der Waals surface area contributed by atoms with Crippen molar-refractivity contribution in [2.45, 2.75) is 18.9 Å². The Bertz CT molecular complexity index is 419. The van der Waals surface area contributed by atoms with Crippen LogP contribution in [0.3, 0.4) is 0 Å². The number of nitrogens with zero attached hydrogens (tertiary/aromatic N) is 2. The summed E-state index contributed by atoms with van der Waals surface area (Å²) in [5.41, 5.74) is 0. The summed E-state index contributed by atoms with van der Waals surface area (Å²) in [5, 5.41) is 13.7. The third-order valence-electron chi connectivity index (χ3n) is 2.44. The van der Waals surface area contributed by atoms with Crippen molar-refractivity contribution in [1.82, 2.24) is 15.3 Å². The second-order valence-electron chi connectivity index (χ2n) is 3.82. The van der Waals surface area contributed by atoms with Crippen LogP contribution in [0.5, 0.6) is 0 Å². The molecule has 90 valence electrons. The molecule has 2 rings (SSSR count). The predicted molar refractivity (Wildman–Crippen MR) is 58.3 cm³/mol. The van der Waals surface area contributed by atoms with E-state index in [1.54, 1.807) is 6.07 Å². The Morgan fingerprint density at radius 3 is 2.53 bits per heavy atom. The zero-order valence-corrected chi connectivity index (χ0v) is 8.96. The van der Waals surface area contributed by atoms with Gasteiger partial charge in [0, 0.05) is 12.4 Å². The lowest BCUT2D eigenvalue weighted by atomic mass is 10.2. The molecule has 0 aliphatic heterocycles. The van der Waals surface area contributed by atoms with E-state index in [1.807, 2.05) is 0 Å². The van der Waals surface area contributed by atoms with E-state index in [2.05, 4.69) is 20.6 Å². The van der Waals surface area contributed by atoms with Gasteiger partial charge in [-0.05, 0) is 24.8 Å². The van der Waals surface area contributed by atoms with Crippen LogP contribution in [-0.2, 0) is 4.79 Å². The molecular formula is C10H12N4O3. The van der Waals surface area contributed by atoms with Crippen molar-refractivity contribution >= 4 is 17.9 Å². The topological polar surface area (TPSA) is 104 Å². The first-order chi connectivity index (χ1) is 8.16. The Morgan fingerprint density at radius 1 is 1.35 bits per heavy atom. The fourth-order valence-electron chi connectivity index (χ4n) is 1.45. The zero-order valence-electron chi connectivity index (χ0n) is 8.96. The molecule has 1 aromatic rings. The number of anilines is 1. The maximum absolute atomic E-state index is 11.5. The van der Waals surface area contributed by atoms with E-state index in [0.717, 1.165) is 12.8 Å². The van der Waals surface area contributed by atoms with Crippen molar-refractivity contribution in [3.63, 3.8) is 0 Å². The summed E-state index contributed by atoms with van der Waals surface area (Å²) >= 11 is 0. The summed E-state index contributed by atoms with van der Waals surface area (Å²) in [5.74, 6) is -0.837. The number of nitrogens with one attached hydrogen (secondary N) is 2. The lowest BCUT2D eigenvalue weighted by Gasteiger charge is -2.13. The summed E-state index contributed by atoms with van der Waals surface area (Å²) in [4.78, 5) is 30.0. The van der Waals surface area contributed by atoms with Crippen molar-refractivity contribution in [2.75, 3.05) is 5.32 Å². The van der Waals surface area contributed by atoms with Gasteiger partial charge >= 0.3 is 12.0 Å². The maximum atomic E-state index is 11.5. The van der Waals surface area contributed by atoms with Gasteiger partial charge in [0.05, 0.1) is 0 Å². The van der Waals surface area contributed by atoms with E-state index in [9.17, 15) is 9.59 Å². The van der Waals surface area contributed by atoms with E-state index in [1.165, 1.54) is 12.4 Å². The van der Waals surface area contributed by atoms with Gasteiger partial charge in [-0.25, -0.2) is 19.6 Å². The van der Waals surface area contributed by atoms with Crippen molar-refractivity contribution < 1.29 is 14.7 Å². The minimum Gasteiger partial charge on any atom is -0.480 e. The number of hydrogen-bond donors (Lipinski definition) is 3. The Hall–Kier alpha value is -2.18. The number of urea groups is 1. The van der Waals surface area contributed by atoms with Crippen LogP contribution in [0, 0.1) is 5.92 Å². The number of hydrogen-bond acceptors (Lipinski definition) is 4. The van der Waals surface area contributed by atoms with Crippen molar-refractivity contribution in [3.8, 4) is 0 Å². The number of carboxylic acid groups (broad SMARTS) is 1. The van der Waals surface area contributed by atoms with Crippen molar-refractivity contribution in [2.24, 2.45) is 5.92 Å². The van der Waals surface area contributed by atoms with Crippen LogP contribution >= 0.6 is 0 Å². The summed E-state index contributed by atoms with van der Waals surface area (Å²) in [6.07, 6.45) is 4.63. The first-order valence-corrected chi connectivity index (χ1v) is 5.24. The highest BCUT2D eigenvalue weighted by atomic mass is 16.4. The average molecular weight is 236 g/mol. The van der Waals surface area contributed by atoms with E-state index < -0.39 is 18.0 Å². The van der Waals surface area contributed by atoms with Gasteiger partial charge in [-0.2, -0.15) is 0 Å². The van der Waals surface area contributed by atoms with Crippen LogP contribution in [0.15, 0.2) is 18.5 Å². The highest BCUT2D eigenvalue weighted by molar-refractivity contribution is 5.91. The third kappa shape index (κ3) is 3.13. The number of carbonyl (C=O) groups excluding carboxylic acids is 1. The minimum atomic E-state index is -1.02. The molecule has 1 fully saturated rings. The maximum Gasteiger partial charge on any atom is 0.326 e. The summed E-state index contributed by atoms with van der Waals surface area (Å²) in [6.45, 7) is 0. The molecule has 2 amide bonds. The van der Waals surface area contributed by atoms with Crippen LogP contribution in [0.2, 0.25) is 0 Å². The Balaban J connectivity index is 1.90. The highest BCUT2D eigenvalue weighted by Crippen LogP contribution is 2.32. The Kier molecular flexibility index (Phi) is 3.17. The minimum absolute atomic E-state index is 0.0370. The van der Waals surface area contributed by atoms with Gasteiger partial charge in [0.1, 0.15) is 6.04 Å². The van der Waals surface area contributed by atoms with E-state index in [-0.39, 0.29) is 11.9 Å². The number of aromatic nitrogens is 2. The number of carbonyl (C=O) groups is 2. The molecule has 3 N–H and O–H groups in total. The quantitative estimate of drug-likeness (QED) is 0.704. The molecule has 1 aliphatic rings. The van der Waals surface area contributed by atoms with Crippen molar-refractivity contribution in [3.05, 3.63) is 18.5 Å². The zero-order chi connectivity index (χ0) is 12.3. The highest BCUT2D eigenvalue weighted by Gasteiger charge is 2.37. The smallest absolute Gasteiger partial charge is 0.326 e. The lowest BCUT2D eigenvalue weighted by Crippen LogP contribution is -2.44. The Morgan fingerprint density at radius 2 is 2.00 bits per heavy atom. The van der Waals surface area contributed by atoms with Gasteiger partial charge in [0.15, 0.2) is 0 Å². The second kappa shape index (κ2) is 4.77. The first kappa shape index (κ1) is 11.3. The number of aliphatic carboxylic acids is 1. The molecule has 0 bridgehead atoms. The fraction of sp³-hybridized carbons (Fsp3) is 0.400. The van der Waals surface area contributed by atoms with E-state index in [0.29, 0.717) is 0 Å². The molecule has 0 spiro atoms. The van der Waals surface area contributed by atoms with Gasteiger partial charge < -0.3 is 10.4 Å². The lowest BCUT2D eigenvalue weighted by molar-refractivity contribution is -0.139. The van der Waals surface area contributed by atoms with Gasteiger partial charge in [0.2, 0.25) is 5.95 Å². The molecule has 7 nitrogen and oxygen atoms in total. The molecule has 1 unspecified atom stereocenters. The molecule has 1 saturated carbocycles. The normalized spacial score (nSPS) is 16.0. The van der Waals surface area contributed by atoms with Crippen LogP contribution in [0.4, 0.5) is 10.7 Å². The SMILES string of the molecule is O=C(Nc1ncccn1)NC(C(=O)O)C1CC1. The molecule has 17 heavy (non-hydrogen) atoms. The van der Waals surface area contributed by atoms with Crippen LogP contribution in [0.1, 0.15) is 12.8 Å². The Labute approximate surface area is 97.3 Å². The van der Waals surface area contributed by atoms with Gasteiger partial charge in [-0.3, -0.25) is 5.32 Å². The second-order valence-corrected chi connectivity index (χ2v) is 3.82. The number of rotatable bonds is 4. The molecule has 1 atom stereocenters. The number of carboxylic acids is 1. The average Bonchev–Trinajstić information content (AvgIpc) is 3.11. The molecule has 0 saturated heterocycles. The summed E-state index contributed by atoms with van der Waals surface area (Å²) in [7, 11) is 0. The molecule has 1 heterocycles. The van der Waals surface area contributed by atoms with Gasteiger partial charge in [-0.15, -0.1) is 0 Å². The molecular weight excluding hydrogens is 224 g/mol. The molecule has 0 aromatic carbocycles.